The molecule has 0 bridgehead atoms. The van der Waals surface area contributed by atoms with Crippen LogP contribution in [0.3, 0.4) is 0 Å². The van der Waals surface area contributed by atoms with Gasteiger partial charge in [0.05, 0.1) is 44.0 Å². The molecule has 0 radical (unpaired) electrons. The molecule has 0 saturated heterocycles. The van der Waals surface area contributed by atoms with Gasteiger partial charge >= 0.3 is 5.97 Å². The third kappa shape index (κ3) is 4.38. The first kappa shape index (κ1) is 23.0. The van der Waals surface area contributed by atoms with E-state index < -0.39 is 11.7 Å². The zero-order valence-electron chi connectivity index (χ0n) is 20.6. The van der Waals surface area contributed by atoms with Crippen molar-refractivity contribution in [3.63, 3.8) is 0 Å². The minimum absolute atomic E-state index is 0.0602. The third-order valence-corrected chi connectivity index (χ3v) is 6.33. The lowest BCUT2D eigenvalue weighted by atomic mass is 9.96. The standard InChI is InChI=1S/C28H29NO6/c1-28(2)13-12-18-22(35-28)11-9-19(25(18)33-5)26(34-27(30)16-6-7-16)20-10-8-17-14-23(31-3)24(32-4)15-21(17)29-20/h8-16,26H,6-7H2,1-5H3. The minimum atomic E-state index is -0.746. The molecule has 1 aromatic heterocycles. The SMILES string of the molecule is COc1cc2ccc(C(OC(=O)C3CC3)c3ccc4c(c3OC)C=CC(C)(C)O4)nc2cc1OC. The van der Waals surface area contributed by atoms with Gasteiger partial charge in [-0.2, -0.15) is 0 Å². The van der Waals surface area contributed by atoms with Gasteiger partial charge in [0.2, 0.25) is 0 Å². The van der Waals surface area contributed by atoms with E-state index in [-0.39, 0.29) is 11.9 Å². The first-order valence-corrected chi connectivity index (χ1v) is 11.7. The van der Waals surface area contributed by atoms with Gasteiger partial charge in [0.15, 0.2) is 17.6 Å². The Morgan fingerprint density at radius 2 is 1.77 bits per heavy atom. The molecule has 0 amide bonds. The highest BCUT2D eigenvalue weighted by Crippen LogP contribution is 2.44. The van der Waals surface area contributed by atoms with Gasteiger partial charge in [0, 0.05) is 17.0 Å². The van der Waals surface area contributed by atoms with Gasteiger partial charge in [-0.15, -0.1) is 0 Å². The molecule has 1 aliphatic heterocycles. The maximum absolute atomic E-state index is 12.8. The Bertz CT molecular complexity index is 1320. The summed E-state index contributed by atoms with van der Waals surface area (Å²) in [7, 11) is 4.79. The zero-order chi connectivity index (χ0) is 24.7. The van der Waals surface area contributed by atoms with E-state index in [4.69, 9.17) is 28.7 Å². The Kier molecular flexibility index (Phi) is 5.79. The van der Waals surface area contributed by atoms with E-state index in [2.05, 4.69) is 0 Å². The third-order valence-electron chi connectivity index (χ3n) is 6.33. The number of hydrogen-bond donors (Lipinski definition) is 0. The average molecular weight is 476 g/mol. The molecule has 1 saturated carbocycles. The molecule has 2 heterocycles. The fourth-order valence-electron chi connectivity index (χ4n) is 4.31. The molecule has 0 N–H and O–H groups in total. The van der Waals surface area contributed by atoms with E-state index in [1.54, 1.807) is 21.3 Å². The van der Waals surface area contributed by atoms with Crippen molar-refractivity contribution in [3.05, 3.63) is 59.3 Å². The number of hydrogen-bond acceptors (Lipinski definition) is 7. The molecule has 35 heavy (non-hydrogen) atoms. The summed E-state index contributed by atoms with van der Waals surface area (Å²) in [6, 6.07) is 11.3. The highest BCUT2D eigenvalue weighted by atomic mass is 16.5. The number of esters is 1. The van der Waals surface area contributed by atoms with Crippen LogP contribution in [0.5, 0.6) is 23.0 Å². The predicted octanol–water partition coefficient (Wildman–Crippen LogP) is 5.49. The van der Waals surface area contributed by atoms with E-state index in [1.165, 1.54) is 0 Å². The highest BCUT2D eigenvalue weighted by Gasteiger charge is 2.36. The fourth-order valence-corrected chi connectivity index (χ4v) is 4.31. The number of benzene rings is 2. The number of rotatable bonds is 7. The van der Waals surface area contributed by atoms with E-state index in [9.17, 15) is 4.79 Å². The Balaban J connectivity index is 1.63. The van der Waals surface area contributed by atoms with Crippen LogP contribution in [0.15, 0.2) is 42.5 Å². The van der Waals surface area contributed by atoms with Gasteiger partial charge in [-0.05, 0) is 63.1 Å². The number of methoxy groups -OCH3 is 3. The molecule has 1 atom stereocenters. The Hall–Kier alpha value is -3.74. The Morgan fingerprint density at radius 3 is 2.46 bits per heavy atom. The maximum Gasteiger partial charge on any atom is 0.309 e. The summed E-state index contributed by atoms with van der Waals surface area (Å²) in [4.78, 5) is 17.7. The number of aromatic nitrogens is 1. The zero-order valence-corrected chi connectivity index (χ0v) is 20.6. The average Bonchev–Trinajstić information content (AvgIpc) is 3.70. The van der Waals surface area contributed by atoms with Gasteiger partial charge in [-0.1, -0.05) is 6.07 Å². The summed E-state index contributed by atoms with van der Waals surface area (Å²) >= 11 is 0. The van der Waals surface area contributed by atoms with Crippen molar-refractivity contribution in [1.82, 2.24) is 4.98 Å². The topological polar surface area (TPSA) is 76.1 Å². The second-order valence-electron chi connectivity index (χ2n) is 9.37. The normalized spacial score (nSPS) is 16.7. The van der Waals surface area contributed by atoms with Crippen LogP contribution in [0.25, 0.3) is 17.0 Å². The summed E-state index contributed by atoms with van der Waals surface area (Å²) < 4.78 is 28.9. The molecular formula is C28H29NO6. The molecule has 5 rings (SSSR count). The number of carbonyl (C=O) groups is 1. The number of carbonyl (C=O) groups excluding carboxylic acids is 1. The molecule has 3 aromatic rings. The van der Waals surface area contributed by atoms with Crippen molar-refractivity contribution in [1.29, 1.82) is 0 Å². The van der Waals surface area contributed by atoms with Crippen LogP contribution in [-0.4, -0.2) is 37.9 Å². The molecular weight excluding hydrogens is 446 g/mol. The molecule has 1 unspecified atom stereocenters. The van der Waals surface area contributed by atoms with Gasteiger partial charge < -0.3 is 23.7 Å². The van der Waals surface area contributed by atoms with Gasteiger partial charge in [0.1, 0.15) is 17.1 Å². The van der Waals surface area contributed by atoms with Crippen LogP contribution < -0.4 is 18.9 Å². The van der Waals surface area contributed by atoms with Crippen LogP contribution in [0.2, 0.25) is 0 Å². The van der Waals surface area contributed by atoms with Crippen molar-refractivity contribution in [3.8, 4) is 23.0 Å². The van der Waals surface area contributed by atoms with E-state index in [0.29, 0.717) is 39.8 Å². The molecule has 182 valence electrons. The largest absolute Gasteiger partial charge is 0.496 e. The smallest absolute Gasteiger partial charge is 0.309 e. The molecule has 7 heteroatoms. The number of nitrogens with zero attached hydrogens (tertiary/aromatic N) is 1. The monoisotopic (exact) mass is 475 g/mol. The van der Waals surface area contributed by atoms with Crippen molar-refractivity contribution in [2.45, 2.75) is 38.4 Å². The van der Waals surface area contributed by atoms with E-state index in [1.807, 2.05) is 62.4 Å². The molecule has 1 fully saturated rings. The second-order valence-corrected chi connectivity index (χ2v) is 9.37. The van der Waals surface area contributed by atoms with Gasteiger partial charge in [-0.3, -0.25) is 4.79 Å². The van der Waals surface area contributed by atoms with Crippen molar-refractivity contribution in [2.24, 2.45) is 5.92 Å². The number of pyridine rings is 1. The molecule has 2 aromatic carbocycles. The quantitative estimate of drug-likeness (QED) is 0.418. The summed E-state index contributed by atoms with van der Waals surface area (Å²) in [5.41, 5.74) is 2.40. The fraction of sp³-hybridized carbons (Fsp3) is 0.357. The molecule has 0 spiro atoms. The minimum Gasteiger partial charge on any atom is -0.496 e. The predicted molar refractivity (Wildman–Crippen MR) is 132 cm³/mol. The second kappa shape index (κ2) is 8.80. The Labute approximate surface area is 204 Å². The summed E-state index contributed by atoms with van der Waals surface area (Å²) in [5.74, 6) is 2.22. The number of ether oxygens (including phenoxy) is 5. The Morgan fingerprint density at radius 1 is 1.03 bits per heavy atom. The molecule has 2 aliphatic rings. The number of fused-ring (bicyclic) bond motifs is 2. The molecule has 7 nitrogen and oxygen atoms in total. The lowest BCUT2D eigenvalue weighted by molar-refractivity contribution is -0.149. The van der Waals surface area contributed by atoms with Gasteiger partial charge in [0.25, 0.3) is 0 Å². The van der Waals surface area contributed by atoms with Crippen LogP contribution in [0.1, 0.15) is 49.6 Å². The van der Waals surface area contributed by atoms with Crippen LogP contribution >= 0.6 is 0 Å². The lowest BCUT2D eigenvalue weighted by Gasteiger charge is -2.30. The van der Waals surface area contributed by atoms with Crippen molar-refractivity contribution >= 4 is 22.9 Å². The molecule has 1 aliphatic carbocycles. The van der Waals surface area contributed by atoms with Crippen LogP contribution in [0, 0.1) is 5.92 Å². The highest BCUT2D eigenvalue weighted by molar-refractivity contribution is 5.83. The summed E-state index contributed by atoms with van der Waals surface area (Å²) in [6.45, 7) is 3.99. The van der Waals surface area contributed by atoms with Crippen LogP contribution in [0.4, 0.5) is 0 Å². The lowest BCUT2D eigenvalue weighted by Crippen LogP contribution is -2.27. The van der Waals surface area contributed by atoms with E-state index >= 15 is 0 Å². The first-order chi connectivity index (χ1) is 16.8. The van der Waals surface area contributed by atoms with E-state index in [0.717, 1.165) is 23.8 Å². The van der Waals surface area contributed by atoms with Crippen molar-refractivity contribution in [2.75, 3.05) is 21.3 Å². The first-order valence-electron chi connectivity index (χ1n) is 11.7. The van der Waals surface area contributed by atoms with Crippen LogP contribution in [-0.2, 0) is 9.53 Å². The summed E-state index contributed by atoms with van der Waals surface area (Å²) in [6.07, 6.45) is 4.93. The maximum atomic E-state index is 12.8. The van der Waals surface area contributed by atoms with Crippen molar-refractivity contribution < 1.29 is 28.5 Å². The summed E-state index contributed by atoms with van der Waals surface area (Å²) in [5, 5.41) is 0.884. The van der Waals surface area contributed by atoms with Gasteiger partial charge in [-0.25, -0.2) is 4.98 Å².